The number of hydrogen-bond acceptors (Lipinski definition) is 5. The van der Waals surface area contributed by atoms with Gasteiger partial charge < -0.3 is 4.74 Å². The van der Waals surface area contributed by atoms with Crippen LogP contribution < -0.4 is 4.74 Å². The van der Waals surface area contributed by atoms with Crippen LogP contribution in [0.1, 0.15) is 45.1 Å². The lowest BCUT2D eigenvalue weighted by molar-refractivity contribution is -0.122. The van der Waals surface area contributed by atoms with Gasteiger partial charge in [-0.2, -0.15) is 5.10 Å². The maximum absolute atomic E-state index is 13.1. The molecule has 1 aromatic heterocycles. The largest absolute Gasteiger partial charge is 0.494 e. The predicted octanol–water partition coefficient (Wildman–Crippen LogP) is 6.72. The van der Waals surface area contributed by atoms with Gasteiger partial charge in [-0.1, -0.05) is 81.0 Å². The molecular weight excluding hydrogens is 462 g/mol. The number of benzene rings is 2. The van der Waals surface area contributed by atoms with Gasteiger partial charge in [-0.15, -0.1) is 0 Å². The van der Waals surface area contributed by atoms with Crippen molar-refractivity contribution in [3.05, 3.63) is 71.3 Å². The van der Waals surface area contributed by atoms with Crippen LogP contribution in [-0.4, -0.2) is 38.1 Å². The Balaban J connectivity index is 1.71. The number of thiocarbonyl (C=S) groups is 1. The number of hydrogen-bond donors (Lipinski definition) is 0. The highest BCUT2D eigenvalue weighted by Crippen LogP contribution is 2.35. The number of unbranched alkanes of at least 4 members (excludes halogenated alkanes) is 2. The van der Waals surface area contributed by atoms with E-state index in [1.54, 1.807) is 4.90 Å². The van der Waals surface area contributed by atoms with E-state index in [1.165, 1.54) is 11.8 Å². The van der Waals surface area contributed by atoms with E-state index in [0.717, 1.165) is 53.9 Å². The van der Waals surface area contributed by atoms with Gasteiger partial charge in [0.05, 0.1) is 17.2 Å². The quantitative estimate of drug-likeness (QED) is 0.179. The number of thioether (sulfide) groups is 1. The van der Waals surface area contributed by atoms with Gasteiger partial charge in [0.15, 0.2) is 0 Å². The molecule has 0 saturated carbocycles. The zero-order valence-electron chi connectivity index (χ0n) is 19.6. The number of para-hydroxylation sites is 1. The van der Waals surface area contributed by atoms with Gasteiger partial charge in [0.25, 0.3) is 5.91 Å². The van der Waals surface area contributed by atoms with Crippen molar-refractivity contribution in [3.63, 3.8) is 0 Å². The molecule has 0 atom stereocenters. The Morgan fingerprint density at radius 3 is 2.65 bits per heavy atom. The van der Waals surface area contributed by atoms with E-state index < -0.39 is 0 Å². The smallest absolute Gasteiger partial charge is 0.266 e. The molecule has 1 fully saturated rings. The van der Waals surface area contributed by atoms with Gasteiger partial charge >= 0.3 is 0 Å². The minimum Gasteiger partial charge on any atom is -0.494 e. The number of ether oxygens (including phenoxy) is 1. The van der Waals surface area contributed by atoms with Crippen molar-refractivity contribution in [1.29, 1.82) is 0 Å². The van der Waals surface area contributed by atoms with Crippen LogP contribution in [0.3, 0.4) is 0 Å². The first-order valence-corrected chi connectivity index (χ1v) is 13.0. The lowest BCUT2D eigenvalue weighted by Crippen LogP contribution is -2.28. The molecule has 0 radical (unpaired) electrons. The Morgan fingerprint density at radius 2 is 1.88 bits per heavy atom. The Bertz CT molecular complexity index is 1190. The molecule has 2 heterocycles. The van der Waals surface area contributed by atoms with Crippen molar-refractivity contribution < 1.29 is 9.53 Å². The summed E-state index contributed by atoms with van der Waals surface area (Å²) in [7, 11) is 0. The Hall–Kier alpha value is -2.90. The summed E-state index contributed by atoms with van der Waals surface area (Å²) in [6.45, 7) is 5.57. The van der Waals surface area contributed by atoms with Crippen LogP contribution in [0.25, 0.3) is 23.0 Å². The van der Waals surface area contributed by atoms with Crippen molar-refractivity contribution in [2.24, 2.45) is 0 Å². The Labute approximate surface area is 210 Å². The van der Waals surface area contributed by atoms with Crippen LogP contribution in [-0.2, 0) is 4.79 Å². The normalized spacial score (nSPS) is 14.9. The van der Waals surface area contributed by atoms with Crippen LogP contribution in [0.4, 0.5) is 0 Å². The standard InChI is InChI=1S/C27H29N3O2S2/c1-3-5-9-15-29-26(31)24(34-27(29)33)18-21-19-30(22-12-7-6-8-13-22)28-25(21)20-11-10-14-23(17-20)32-16-4-2/h6-8,10-14,17-19H,3-5,9,15-16H2,1-2H3/b24-18-. The van der Waals surface area contributed by atoms with Gasteiger partial charge in [0.2, 0.25) is 0 Å². The molecule has 0 N–H and O–H groups in total. The summed E-state index contributed by atoms with van der Waals surface area (Å²) in [6, 6.07) is 17.9. The molecule has 0 spiro atoms. The molecule has 0 unspecified atom stereocenters. The molecular formula is C27H29N3O2S2. The van der Waals surface area contributed by atoms with Crippen LogP contribution in [0.5, 0.6) is 5.75 Å². The van der Waals surface area contributed by atoms with Gasteiger partial charge in [0, 0.05) is 23.9 Å². The van der Waals surface area contributed by atoms with Crippen molar-refractivity contribution in [3.8, 4) is 22.7 Å². The third-order valence-corrected chi connectivity index (χ3v) is 6.87. The maximum atomic E-state index is 13.1. The molecule has 2 aromatic carbocycles. The van der Waals surface area contributed by atoms with E-state index in [0.29, 0.717) is 22.4 Å². The first-order chi connectivity index (χ1) is 16.6. The van der Waals surface area contributed by atoms with Crippen molar-refractivity contribution in [2.75, 3.05) is 13.2 Å². The summed E-state index contributed by atoms with van der Waals surface area (Å²) in [5.74, 6) is 0.784. The fraction of sp³-hybridized carbons (Fsp3) is 0.296. The minimum absolute atomic E-state index is 0.0236. The first-order valence-electron chi connectivity index (χ1n) is 11.7. The SMILES string of the molecule is CCCCCN1C(=O)/C(=C/c2cn(-c3ccccc3)nc2-c2cccc(OCCC)c2)SC1=S. The summed E-state index contributed by atoms with van der Waals surface area (Å²) in [5.41, 5.74) is 3.55. The van der Waals surface area contributed by atoms with Crippen molar-refractivity contribution in [1.82, 2.24) is 14.7 Å². The van der Waals surface area contributed by atoms with Gasteiger partial charge in [-0.25, -0.2) is 4.68 Å². The number of amides is 1. The highest BCUT2D eigenvalue weighted by molar-refractivity contribution is 8.26. The summed E-state index contributed by atoms with van der Waals surface area (Å²) >= 11 is 6.88. The number of nitrogens with zero attached hydrogens (tertiary/aromatic N) is 3. The van der Waals surface area contributed by atoms with Crippen LogP contribution in [0, 0.1) is 0 Å². The highest BCUT2D eigenvalue weighted by atomic mass is 32.2. The second kappa shape index (κ2) is 11.5. The number of aromatic nitrogens is 2. The molecule has 1 aliphatic rings. The zero-order valence-corrected chi connectivity index (χ0v) is 21.2. The predicted molar refractivity (Wildman–Crippen MR) is 144 cm³/mol. The molecule has 7 heteroatoms. The topological polar surface area (TPSA) is 47.4 Å². The average molecular weight is 492 g/mol. The van der Waals surface area contributed by atoms with Crippen molar-refractivity contribution in [2.45, 2.75) is 39.5 Å². The molecule has 3 aromatic rings. The Morgan fingerprint density at radius 1 is 1.06 bits per heavy atom. The second-order valence-electron chi connectivity index (χ2n) is 8.13. The van der Waals surface area contributed by atoms with Gasteiger partial charge in [0.1, 0.15) is 15.8 Å². The van der Waals surface area contributed by atoms with E-state index in [2.05, 4.69) is 13.8 Å². The Kier molecular flexibility index (Phi) is 8.19. The molecule has 0 aliphatic carbocycles. The number of carbonyl (C=O) groups excluding carboxylic acids is 1. The fourth-order valence-electron chi connectivity index (χ4n) is 3.74. The van der Waals surface area contributed by atoms with Crippen LogP contribution in [0.2, 0.25) is 0 Å². The summed E-state index contributed by atoms with van der Waals surface area (Å²) in [4.78, 5) is 15.5. The van der Waals surface area contributed by atoms with Crippen LogP contribution in [0.15, 0.2) is 65.7 Å². The van der Waals surface area contributed by atoms with Gasteiger partial charge in [-0.3, -0.25) is 9.69 Å². The van der Waals surface area contributed by atoms with Crippen molar-refractivity contribution >= 4 is 40.3 Å². The van der Waals surface area contributed by atoms with E-state index >= 15 is 0 Å². The monoisotopic (exact) mass is 491 g/mol. The molecule has 1 aliphatic heterocycles. The molecule has 1 amide bonds. The highest BCUT2D eigenvalue weighted by Gasteiger charge is 2.32. The number of rotatable bonds is 10. The zero-order chi connectivity index (χ0) is 23.9. The molecule has 34 heavy (non-hydrogen) atoms. The van der Waals surface area contributed by atoms with Gasteiger partial charge in [-0.05, 0) is 43.2 Å². The third kappa shape index (κ3) is 5.59. The second-order valence-corrected chi connectivity index (χ2v) is 9.81. The van der Waals surface area contributed by atoms with E-state index in [9.17, 15) is 4.79 Å². The number of carbonyl (C=O) groups is 1. The summed E-state index contributed by atoms with van der Waals surface area (Å²) < 4.78 is 8.32. The van der Waals surface area contributed by atoms with Crippen LogP contribution >= 0.6 is 24.0 Å². The summed E-state index contributed by atoms with van der Waals surface area (Å²) in [5, 5.41) is 4.89. The third-order valence-electron chi connectivity index (χ3n) is 5.49. The molecule has 5 nitrogen and oxygen atoms in total. The summed E-state index contributed by atoms with van der Waals surface area (Å²) in [6.07, 6.45) is 7.97. The lowest BCUT2D eigenvalue weighted by Gasteiger charge is -2.13. The molecule has 0 bridgehead atoms. The first kappa shape index (κ1) is 24.2. The molecule has 1 saturated heterocycles. The van der Waals surface area contributed by atoms with E-state index in [1.807, 2.05) is 71.6 Å². The van der Waals surface area contributed by atoms with E-state index in [-0.39, 0.29) is 5.91 Å². The molecule has 4 rings (SSSR count). The fourth-order valence-corrected chi connectivity index (χ4v) is 5.04. The lowest BCUT2D eigenvalue weighted by atomic mass is 10.1. The minimum atomic E-state index is -0.0236. The average Bonchev–Trinajstić information content (AvgIpc) is 3.40. The molecule has 176 valence electrons. The maximum Gasteiger partial charge on any atom is 0.266 e. The van der Waals surface area contributed by atoms with E-state index in [4.69, 9.17) is 22.1 Å².